The van der Waals surface area contributed by atoms with Gasteiger partial charge in [-0.05, 0) is 39.7 Å². The van der Waals surface area contributed by atoms with E-state index >= 15 is 0 Å². The molecule has 84 valence electrons. The highest BCUT2D eigenvalue weighted by molar-refractivity contribution is 5.16. The second-order valence-electron chi connectivity index (χ2n) is 4.15. The van der Waals surface area contributed by atoms with Crippen molar-refractivity contribution >= 4 is 0 Å². The SMILES string of the molecule is CC(C)Oc1cccc(CC[C@H](C)N)n1. The van der Waals surface area contributed by atoms with E-state index in [1.54, 1.807) is 0 Å². The molecule has 0 unspecified atom stereocenters. The summed E-state index contributed by atoms with van der Waals surface area (Å²) in [4.78, 5) is 4.41. The topological polar surface area (TPSA) is 48.1 Å². The first-order valence-corrected chi connectivity index (χ1v) is 5.46. The highest BCUT2D eigenvalue weighted by Gasteiger charge is 2.02. The van der Waals surface area contributed by atoms with Crippen LogP contribution in [0.1, 0.15) is 32.9 Å². The van der Waals surface area contributed by atoms with E-state index < -0.39 is 0 Å². The molecule has 0 aromatic carbocycles. The van der Waals surface area contributed by atoms with E-state index in [-0.39, 0.29) is 12.1 Å². The van der Waals surface area contributed by atoms with Gasteiger partial charge in [0.25, 0.3) is 0 Å². The van der Waals surface area contributed by atoms with Crippen LogP contribution in [0.25, 0.3) is 0 Å². The first-order valence-electron chi connectivity index (χ1n) is 5.46. The summed E-state index contributed by atoms with van der Waals surface area (Å²) in [7, 11) is 0. The Balaban J connectivity index is 2.57. The highest BCUT2D eigenvalue weighted by atomic mass is 16.5. The van der Waals surface area contributed by atoms with Gasteiger partial charge in [0.2, 0.25) is 5.88 Å². The minimum absolute atomic E-state index is 0.168. The average molecular weight is 208 g/mol. The van der Waals surface area contributed by atoms with Crippen molar-refractivity contribution in [1.29, 1.82) is 0 Å². The molecule has 1 heterocycles. The second-order valence-corrected chi connectivity index (χ2v) is 4.15. The van der Waals surface area contributed by atoms with Crippen LogP contribution in [0.2, 0.25) is 0 Å². The molecule has 0 aliphatic rings. The number of aromatic nitrogens is 1. The summed E-state index contributed by atoms with van der Waals surface area (Å²) in [6.45, 7) is 6.00. The molecular weight excluding hydrogens is 188 g/mol. The van der Waals surface area contributed by atoms with E-state index in [0.29, 0.717) is 5.88 Å². The van der Waals surface area contributed by atoms with Crippen LogP contribution in [0.5, 0.6) is 5.88 Å². The molecule has 0 saturated heterocycles. The first-order chi connectivity index (χ1) is 7.08. The Morgan fingerprint density at radius 3 is 2.67 bits per heavy atom. The Morgan fingerprint density at radius 2 is 2.07 bits per heavy atom. The number of pyridine rings is 1. The molecule has 0 radical (unpaired) electrons. The minimum Gasteiger partial charge on any atom is -0.475 e. The highest BCUT2D eigenvalue weighted by Crippen LogP contribution is 2.11. The second kappa shape index (κ2) is 5.71. The van der Waals surface area contributed by atoms with Crippen molar-refractivity contribution < 1.29 is 4.74 Å². The van der Waals surface area contributed by atoms with Crippen molar-refractivity contribution in [3.8, 4) is 5.88 Å². The lowest BCUT2D eigenvalue weighted by Gasteiger charge is -2.10. The Hall–Kier alpha value is -1.09. The molecule has 0 spiro atoms. The fraction of sp³-hybridized carbons (Fsp3) is 0.583. The van der Waals surface area contributed by atoms with Crippen molar-refractivity contribution in [2.45, 2.75) is 45.8 Å². The van der Waals surface area contributed by atoms with Crippen LogP contribution in [0.4, 0.5) is 0 Å². The molecule has 0 bridgehead atoms. The molecule has 3 heteroatoms. The van der Waals surface area contributed by atoms with Crippen molar-refractivity contribution in [2.24, 2.45) is 5.73 Å². The van der Waals surface area contributed by atoms with Gasteiger partial charge >= 0.3 is 0 Å². The van der Waals surface area contributed by atoms with Crippen LogP contribution >= 0.6 is 0 Å². The molecule has 1 atom stereocenters. The fourth-order valence-electron chi connectivity index (χ4n) is 1.28. The number of aryl methyl sites for hydroxylation is 1. The van der Waals surface area contributed by atoms with Gasteiger partial charge in [-0.3, -0.25) is 0 Å². The Labute approximate surface area is 91.7 Å². The zero-order valence-electron chi connectivity index (χ0n) is 9.73. The average Bonchev–Trinajstić information content (AvgIpc) is 2.14. The van der Waals surface area contributed by atoms with Crippen LogP contribution < -0.4 is 10.5 Å². The van der Waals surface area contributed by atoms with Crippen molar-refractivity contribution in [3.05, 3.63) is 23.9 Å². The lowest BCUT2D eigenvalue weighted by Crippen LogP contribution is -2.15. The summed E-state index contributed by atoms with van der Waals surface area (Å²) in [5.41, 5.74) is 6.75. The third-order valence-corrected chi connectivity index (χ3v) is 1.99. The predicted molar refractivity (Wildman–Crippen MR) is 62.0 cm³/mol. The van der Waals surface area contributed by atoms with Gasteiger partial charge in [-0.2, -0.15) is 0 Å². The largest absolute Gasteiger partial charge is 0.475 e. The smallest absolute Gasteiger partial charge is 0.213 e. The van der Waals surface area contributed by atoms with Gasteiger partial charge in [0, 0.05) is 17.8 Å². The number of hydrogen-bond donors (Lipinski definition) is 1. The van der Waals surface area contributed by atoms with Crippen molar-refractivity contribution in [2.75, 3.05) is 0 Å². The number of ether oxygens (including phenoxy) is 1. The van der Waals surface area contributed by atoms with E-state index in [4.69, 9.17) is 10.5 Å². The zero-order valence-corrected chi connectivity index (χ0v) is 9.73. The van der Waals surface area contributed by atoms with E-state index in [9.17, 15) is 0 Å². The molecule has 0 amide bonds. The first kappa shape index (κ1) is 12.0. The Morgan fingerprint density at radius 1 is 1.33 bits per heavy atom. The van der Waals surface area contributed by atoms with E-state index in [2.05, 4.69) is 4.98 Å². The molecule has 15 heavy (non-hydrogen) atoms. The number of nitrogens with zero attached hydrogens (tertiary/aromatic N) is 1. The molecular formula is C12H20N2O. The van der Waals surface area contributed by atoms with Gasteiger partial charge in [-0.25, -0.2) is 4.98 Å². The Bertz CT molecular complexity index is 297. The summed E-state index contributed by atoms with van der Waals surface area (Å²) < 4.78 is 5.52. The van der Waals surface area contributed by atoms with Crippen LogP contribution in [0, 0.1) is 0 Å². The lowest BCUT2D eigenvalue weighted by atomic mass is 10.1. The maximum Gasteiger partial charge on any atom is 0.213 e. The summed E-state index contributed by atoms with van der Waals surface area (Å²) in [5, 5.41) is 0. The van der Waals surface area contributed by atoms with Gasteiger partial charge in [-0.15, -0.1) is 0 Å². The van der Waals surface area contributed by atoms with Crippen LogP contribution in [0.3, 0.4) is 0 Å². The van der Waals surface area contributed by atoms with Crippen LogP contribution in [0.15, 0.2) is 18.2 Å². The van der Waals surface area contributed by atoms with Gasteiger partial charge in [0.05, 0.1) is 6.10 Å². The summed E-state index contributed by atoms with van der Waals surface area (Å²) in [5.74, 6) is 0.701. The molecule has 1 aromatic rings. The lowest BCUT2D eigenvalue weighted by molar-refractivity contribution is 0.232. The zero-order chi connectivity index (χ0) is 11.3. The number of nitrogens with two attached hydrogens (primary N) is 1. The number of hydrogen-bond acceptors (Lipinski definition) is 3. The third-order valence-electron chi connectivity index (χ3n) is 1.99. The monoisotopic (exact) mass is 208 g/mol. The third kappa shape index (κ3) is 4.79. The van der Waals surface area contributed by atoms with E-state index in [0.717, 1.165) is 18.5 Å². The minimum atomic E-state index is 0.168. The predicted octanol–water partition coefficient (Wildman–Crippen LogP) is 2.15. The number of rotatable bonds is 5. The summed E-state index contributed by atoms with van der Waals surface area (Å²) >= 11 is 0. The molecule has 1 aromatic heterocycles. The molecule has 0 saturated carbocycles. The summed E-state index contributed by atoms with van der Waals surface area (Å²) in [6, 6.07) is 6.09. The molecule has 0 aliphatic carbocycles. The van der Waals surface area contributed by atoms with Crippen molar-refractivity contribution in [3.63, 3.8) is 0 Å². The van der Waals surface area contributed by atoms with E-state index in [1.165, 1.54) is 0 Å². The fourth-order valence-corrected chi connectivity index (χ4v) is 1.28. The maximum absolute atomic E-state index is 5.70. The normalized spacial score (nSPS) is 12.9. The van der Waals surface area contributed by atoms with Gasteiger partial charge < -0.3 is 10.5 Å². The van der Waals surface area contributed by atoms with Gasteiger partial charge in [0.15, 0.2) is 0 Å². The molecule has 1 rings (SSSR count). The standard InChI is InChI=1S/C12H20N2O/c1-9(2)15-12-6-4-5-11(14-12)8-7-10(3)13/h4-6,9-10H,7-8,13H2,1-3H3/t10-/m0/s1. The molecule has 2 N–H and O–H groups in total. The van der Waals surface area contributed by atoms with Crippen LogP contribution in [-0.4, -0.2) is 17.1 Å². The summed E-state index contributed by atoms with van der Waals surface area (Å²) in [6.07, 6.45) is 2.03. The van der Waals surface area contributed by atoms with Gasteiger partial charge in [0.1, 0.15) is 0 Å². The molecule has 0 fully saturated rings. The quantitative estimate of drug-likeness (QED) is 0.806. The van der Waals surface area contributed by atoms with Gasteiger partial charge in [-0.1, -0.05) is 6.07 Å². The Kier molecular flexibility index (Phi) is 4.56. The van der Waals surface area contributed by atoms with Crippen LogP contribution in [-0.2, 0) is 6.42 Å². The molecule has 3 nitrogen and oxygen atoms in total. The van der Waals surface area contributed by atoms with E-state index in [1.807, 2.05) is 39.0 Å². The van der Waals surface area contributed by atoms with Crippen molar-refractivity contribution in [1.82, 2.24) is 4.98 Å². The maximum atomic E-state index is 5.70. The molecule has 0 aliphatic heterocycles.